The molecule has 2 fully saturated rings. The Hall–Kier alpha value is -5.30. The maximum Gasteiger partial charge on any atom is 0.314 e. The van der Waals surface area contributed by atoms with Crippen LogP contribution in [0.25, 0.3) is 0 Å². The fraction of sp³-hybridized carbons (Fsp3) is 0.536. The summed E-state index contributed by atoms with van der Waals surface area (Å²) in [6.45, 7) is 10.4. The number of benzene rings is 4. The van der Waals surface area contributed by atoms with Gasteiger partial charge in [0.2, 0.25) is 20.0 Å². The highest BCUT2D eigenvalue weighted by Crippen LogP contribution is 2.44. The third-order valence-electron chi connectivity index (χ3n) is 14.8. The van der Waals surface area contributed by atoms with Crippen LogP contribution in [0, 0.1) is 0 Å². The monoisotopic (exact) mass is 1250 g/mol. The average molecular weight is 1250 g/mol. The van der Waals surface area contributed by atoms with Crippen LogP contribution >= 0.6 is 23.2 Å². The molecule has 24 nitrogen and oxygen atoms in total. The predicted molar refractivity (Wildman–Crippen MR) is 321 cm³/mol. The SMILES string of the molecule is Nc1cc(Cl)cc2c1C[C@H](N1CCNCC1)[C@H]2Oc1ccc(S(=O)(=O)NCCOCCOCCNC(=O)NCCCCNC(=O)NCCOCCOCCNS(=O)(=O)c2ccc(O[C@H]3c4cc(Cl)cc(N)c4C[C@@H]3N3CCNCC3)cc2)cc1. The van der Waals surface area contributed by atoms with Crippen LogP contribution in [-0.2, 0) is 51.8 Å². The molecule has 8 rings (SSSR count). The van der Waals surface area contributed by atoms with E-state index in [4.69, 9.17) is 63.1 Å². The van der Waals surface area contributed by atoms with Crippen LogP contribution < -0.4 is 62.3 Å². The number of piperazine rings is 2. The Labute approximate surface area is 502 Å². The molecular formula is C56H80Cl2N12O12S2. The first-order valence-corrected chi connectivity index (χ1v) is 32.3. The molecule has 12 N–H and O–H groups in total. The van der Waals surface area contributed by atoms with Gasteiger partial charge in [0.15, 0.2) is 0 Å². The Morgan fingerprint density at radius 3 is 1.21 bits per heavy atom. The van der Waals surface area contributed by atoms with E-state index >= 15 is 0 Å². The standard InChI is InChI=1S/C56H80Cl2N12O12S2/c57-39-33-47-45(49(59)35-39)37-51(69-21-13-61-14-22-69)53(47)81-41-3-7-43(8-4-41)83(73,74)67-19-27-79-31-29-77-25-17-65-55(71)63-11-1-2-12-64-56(72)66-18-26-78-30-32-80-28-20-68-84(75,76)44-9-5-42(6-10-44)82-54-48-34-40(58)36-50(60)46(48)38-52(54)70-23-15-62-16-24-70/h3-10,33-36,51-54,61-62,67-68H,1-2,11-32,37-38,59-60H2,(H2,63,65,71)(H2,64,66,72)/t51-,52-,53-,54-/m0/s1. The quantitative estimate of drug-likeness (QED) is 0.0242. The molecule has 0 saturated carbocycles. The number of carbonyl (C=O) groups excluding carboxylic acids is 2. The van der Waals surface area contributed by atoms with Gasteiger partial charge in [0.1, 0.15) is 23.7 Å². The van der Waals surface area contributed by atoms with Gasteiger partial charge < -0.3 is 71.8 Å². The summed E-state index contributed by atoms with van der Waals surface area (Å²) in [5.74, 6) is 1.08. The van der Waals surface area contributed by atoms with Crippen molar-refractivity contribution in [1.82, 2.24) is 51.1 Å². The van der Waals surface area contributed by atoms with Crippen molar-refractivity contribution in [3.05, 3.63) is 105 Å². The van der Waals surface area contributed by atoms with E-state index in [-0.39, 0.29) is 125 Å². The molecule has 0 bridgehead atoms. The lowest BCUT2D eigenvalue weighted by molar-refractivity contribution is 0.0516. The van der Waals surface area contributed by atoms with E-state index in [0.29, 0.717) is 58.9 Å². The van der Waals surface area contributed by atoms with Crippen LogP contribution in [0.5, 0.6) is 11.5 Å². The van der Waals surface area contributed by atoms with Gasteiger partial charge in [0.05, 0.1) is 74.7 Å². The lowest BCUT2D eigenvalue weighted by atomic mass is 10.1. The zero-order valence-corrected chi connectivity index (χ0v) is 50.3. The number of hydrogen-bond donors (Lipinski definition) is 10. The number of sulfonamides is 2. The summed E-state index contributed by atoms with van der Waals surface area (Å²) < 4.78 is 92.3. The summed E-state index contributed by atoms with van der Waals surface area (Å²) >= 11 is 12.8. The fourth-order valence-electron chi connectivity index (χ4n) is 10.6. The van der Waals surface area contributed by atoms with E-state index < -0.39 is 20.0 Å². The highest BCUT2D eigenvalue weighted by atomic mass is 35.5. The van der Waals surface area contributed by atoms with Crippen molar-refractivity contribution in [2.45, 2.75) is 59.8 Å². The molecule has 2 aliphatic heterocycles. The third-order valence-corrected chi connectivity index (χ3v) is 18.2. The van der Waals surface area contributed by atoms with Crippen LogP contribution in [0.3, 0.4) is 0 Å². The first-order chi connectivity index (χ1) is 40.6. The number of nitrogens with zero attached hydrogens (tertiary/aromatic N) is 2. The van der Waals surface area contributed by atoms with Gasteiger partial charge in [0, 0.05) is 124 Å². The number of rotatable bonds is 33. The molecule has 0 unspecified atom stereocenters. The molecule has 0 spiro atoms. The van der Waals surface area contributed by atoms with E-state index in [1.165, 1.54) is 24.3 Å². The van der Waals surface area contributed by atoms with Gasteiger partial charge in [-0.3, -0.25) is 9.80 Å². The second kappa shape index (κ2) is 32.4. The topological polar surface area (TPSA) is 313 Å². The Bertz CT molecular complexity index is 2780. The van der Waals surface area contributed by atoms with Gasteiger partial charge in [0.25, 0.3) is 0 Å². The molecule has 4 atom stereocenters. The summed E-state index contributed by atoms with van der Waals surface area (Å²) in [6.07, 6.45) is 2.14. The Kier molecular flexibility index (Phi) is 25.0. The highest BCUT2D eigenvalue weighted by molar-refractivity contribution is 7.89. The van der Waals surface area contributed by atoms with Crippen LogP contribution in [-0.4, -0.2) is 195 Å². The Morgan fingerprint density at radius 2 is 0.845 bits per heavy atom. The van der Waals surface area contributed by atoms with Crippen molar-refractivity contribution in [1.29, 1.82) is 0 Å². The van der Waals surface area contributed by atoms with Crippen LogP contribution in [0.1, 0.15) is 47.3 Å². The molecule has 2 saturated heterocycles. The summed E-state index contributed by atoms with van der Waals surface area (Å²) in [5, 5.41) is 18.8. The van der Waals surface area contributed by atoms with Gasteiger partial charge in [-0.1, -0.05) is 23.2 Å². The van der Waals surface area contributed by atoms with Crippen molar-refractivity contribution in [2.75, 3.05) is 156 Å². The minimum absolute atomic E-state index is 0.0646. The molecule has 2 aliphatic carbocycles. The van der Waals surface area contributed by atoms with Gasteiger partial charge in [-0.2, -0.15) is 0 Å². The molecule has 28 heteroatoms. The maximum absolute atomic E-state index is 13.0. The molecule has 462 valence electrons. The summed E-state index contributed by atoms with van der Waals surface area (Å²) in [7, 11) is -7.60. The lowest BCUT2D eigenvalue weighted by Crippen LogP contribution is -2.50. The van der Waals surface area contributed by atoms with E-state index in [0.717, 1.165) is 87.5 Å². The second-order valence-electron chi connectivity index (χ2n) is 20.6. The van der Waals surface area contributed by atoms with Gasteiger partial charge in [-0.25, -0.2) is 35.9 Å². The van der Waals surface area contributed by atoms with Crippen molar-refractivity contribution >= 4 is 66.7 Å². The lowest BCUT2D eigenvalue weighted by Gasteiger charge is -2.36. The average Bonchev–Trinajstić information content (AvgIpc) is 3.65. The second-order valence-corrected chi connectivity index (χ2v) is 25.0. The molecule has 84 heavy (non-hydrogen) atoms. The number of urea groups is 2. The van der Waals surface area contributed by atoms with Crippen LogP contribution in [0.2, 0.25) is 10.0 Å². The van der Waals surface area contributed by atoms with Gasteiger partial charge in [-0.05, 0) is 110 Å². The zero-order chi connectivity index (χ0) is 59.3. The number of amides is 4. The van der Waals surface area contributed by atoms with Crippen LogP contribution in [0.15, 0.2) is 82.6 Å². The van der Waals surface area contributed by atoms with Crippen molar-refractivity contribution in [3.63, 3.8) is 0 Å². The molecule has 4 amide bonds. The molecule has 2 heterocycles. The molecule has 4 aliphatic rings. The van der Waals surface area contributed by atoms with Crippen molar-refractivity contribution in [3.8, 4) is 11.5 Å². The summed E-state index contributed by atoms with van der Waals surface area (Å²) in [5.41, 5.74) is 18.0. The normalized spacial score (nSPS) is 19.1. The first kappa shape index (κ1) is 64.7. The number of unbranched alkanes of at least 4 members (excludes halogenated alkanes) is 1. The summed E-state index contributed by atoms with van der Waals surface area (Å²) in [6, 6.07) is 19.5. The fourth-order valence-corrected chi connectivity index (χ4v) is 13.1. The minimum atomic E-state index is -3.80. The van der Waals surface area contributed by atoms with E-state index in [2.05, 4.69) is 51.1 Å². The number of nitrogens with one attached hydrogen (secondary N) is 8. The van der Waals surface area contributed by atoms with Gasteiger partial charge in [-0.15, -0.1) is 0 Å². The number of nitrogens with two attached hydrogens (primary N) is 2. The number of anilines is 2. The number of ether oxygens (including phenoxy) is 6. The summed E-state index contributed by atoms with van der Waals surface area (Å²) in [4.78, 5) is 29.3. The zero-order valence-electron chi connectivity index (χ0n) is 47.1. The number of fused-ring (bicyclic) bond motifs is 2. The highest BCUT2D eigenvalue weighted by Gasteiger charge is 2.41. The first-order valence-electron chi connectivity index (χ1n) is 28.6. The predicted octanol–water partition coefficient (Wildman–Crippen LogP) is 2.76. The van der Waals surface area contributed by atoms with Crippen LogP contribution in [0.4, 0.5) is 21.0 Å². The number of halogens is 2. The molecule has 4 aromatic carbocycles. The third kappa shape index (κ3) is 19.1. The van der Waals surface area contributed by atoms with E-state index in [1.54, 1.807) is 36.4 Å². The molecule has 4 aromatic rings. The number of carbonyl (C=O) groups is 2. The molecule has 0 aromatic heterocycles. The minimum Gasteiger partial charge on any atom is -0.484 e. The van der Waals surface area contributed by atoms with Crippen molar-refractivity contribution < 1.29 is 54.8 Å². The molecule has 0 radical (unpaired) electrons. The van der Waals surface area contributed by atoms with Gasteiger partial charge >= 0.3 is 12.1 Å². The van der Waals surface area contributed by atoms with Crippen molar-refractivity contribution in [2.24, 2.45) is 0 Å². The Morgan fingerprint density at radius 1 is 0.500 bits per heavy atom. The maximum atomic E-state index is 13.0. The van der Waals surface area contributed by atoms with E-state index in [9.17, 15) is 26.4 Å². The Balaban J connectivity index is 0.576. The van der Waals surface area contributed by atoms with E-state index in [1.807, 2.05) is 12.1 Å². The number of nitrogen functional groups attached to an aromatic ring is 2. The molecular weight excluding hydrogens is 1170 g/mol. The largest absolute Gasteiger partial charge is 0.484 e. The number of hydrogen-bond acceptors (Lipinski definition) is 18. The smallest absolute Gasteiger partial charge is 0.314 e.